The highest BCUT2D eigenvalue weighted by molar-refractivity contribution is 6.03. The molecule has 1 saturated heterocycles. The third-order valence-corrected chi connectivity index (χ3v) is 5.61. The molecule has 0 bridgehead atoms. The quantitative estimate of drug-likeness (QED) is 0.825. The van der Waals surface area contributed by atoms with E-state index in [1.54, 1.807) is 12.1 Å². The number of carbonyl (C=O) groups excluding carboxylic acids is 3. The van der Waals surface area contributed by atoms with E-state index in [9.17, 15) is 14.4 Å². The Labute approximate surface area is 148 Å². The summed E-state index contributed by atoms with van der Waals surface area (Å²) in [7, 11) is 0. The second kappa shape index (κ2) is 7.38. The van der Waals surface area contributed by atoms with Crippen LogP contribution in [0.2, 0.25) is 0 Å². The lowest BCUT2D eigenvalue weighted by Gasteiger charge is -2.35. The number of amides is 3. The van der Waals surface area contributed by atoms with E-state index >= 15 is 0 Å². The maximum atomic E-state index is 12.5. The first-order chi connectivity index (χ1) is 11.9. The fraction of sp³-hybridized carbons (Fsp3) is 0.550. The van der Waals surface area contributed by atoms with Crippen molar-refractivity contribution in [2.24, 2.45) is 17.8 Å². The molecule has 1 aliphatic carbocycles. The largest absolute Gasteiger partial charge is 0.349 e. The first-order valence-electron chi connectivity index (χ1n) is 9.17. The molecule has 1 heterocycles. The topological polar surface area (TPSA) is 75.3 Å². The normalized spacial score (nSPS) is 29.4. The highest BCUT2D eigenvalue weighted by atomic mass is 16.2. The summed E-state index contributed by atoms with van der Waals surface area (Å²) in [5, 5.41) is 5.52. The predicted molar refractivity (Wildman–Crippen MR) is 94.8 cm³/mol. The molecule has 0 spiro atoms. The zero-order chi connectivity index (χ0) is 18.0. The van der Waals surface area contributed by atoms with Gasteiger partial charge in [0, 0.05) is 18.0 Å². The van der Waals surface area contributed by atoms with Gasteiger partial charge in [-0.2, -0.15) is 0 Å². The molecule has 1 aromatic carbocycles. The summed E-state index contributed by atoms with van der Waals surface area (Å²) >= 11 is 0. The third kappa shape index (κ3) is 4.09. The standard InChI is InChI=1S/C20H26N2O3/c1-12-4-3-5-13(2)18(12)22-19(24)15-8-6-14(7-9-15)10-16-11-17(23)21-20(16)25/h6-9,12-13,16,18H,3-5,10-11H2,1-2H3,(H,22,24)(H,21,23,25)/t12-,13+,16-,18?/m1/s1. The molecular formula is C20H26N2O3. The van der Waals surface area contributed by atoms with Gasteiger partial charge in [-0.1, -0.05) is 32.4 Å². The van der Waals surface area contributed by atoms with Crippen LogP contribution in [0.5, 0.6) is 0 Å². The molecule has 134 valence electrons. The molecule has 3 amide bonds. The number of nitrogens with one attached hydrogen (secondary N) is 2. The minimum Gasteiger partial charge on any atom is -0.349 e. The molecule has 4 atom stereocenters. The van der Waals surface area contributed by atoms with Crippen molar-refractivity contribution in [2.75, 3.05) is 0 Å². The number of hydrogen-bond acceptors (Lipinski definition) is 3. The zero-order valence-corrected chi connectivity index (χ0v) is 14.9. The number of rotatable bonds is 4. The maximum absolute atomic E-state index is 12.5. The maximum Gasteiger partial charge on any atom is 0.251 e. The summed E-state index contributed by atoms with van der Waals surface area (Å²) in [5.41, 5.74) is 1.60. The summed E-state index contributed by atoms with van der Waals surface area (Å²) in [4.78, 5) is 35.4. The Kier molecular flexibility index (Phi) is 5.21. The smallest absolute Gasteiger partial charge is 0.251 e. The van der Waals surface area contributed by atoms with Crippen molar-refractivity contribution in [2.45, 2.75) is 52.0 Å². The first kappa shape index (κ1) is 17.6. The van der Waals surface area contributed by atoms with Crippen molar-refractivity contribution < 1.29 is 14.4 Å². The van der Waals surface area contributed by atoms with Crippen LogP contribution in [0.25, 0.3) is 0 Å². The van der Waals surface area contributed by atoms with Crippen molar-refractivity contribution in [3.63, 3.8) is 0 Å². The molecule has 3 rings (SSSR count). The zero-order valence-electron chi connectivity index (χ0n) is 14.9. The van der Waals surface area contributed by atoms with Crippen LogP contribution in [0.1, 0.15) is 55.5 Å². The lowest BCUT2D eigenvalue weighted by atomic mass is 9.78. The molecule has 1 unspecified atom stereocenters. The second-order valence-electron chi connectivity index (χ2n) is 7.60. The Balaban J connectivity index is 1.60. The highest BCUT2D eigenvalue weighted by Gasteiger charge is 2.31. The first-order valence-corrected chi connectivity index (χ1v) is 9.17. The van der Waals surface area contributed by atoms with Gasteiger partial charge in [0.1, 0.15) is 0 Å². The van der Waals surface area contributed by atoms with Crippen LogP contribution in [0.15, 0.2) is 24.3 Å². The van der Waals surface area contributed by atoms with Crippen molar-refractivity contribution in [3.8, 4) is 0 Å². The van der Waals surface area contributed by atoms with Gasteiger partial charge in [-0.25, -0.2) is 0 Å². The summed E-state index contributed by atoms with van der Waals surface area (Å²) < 4.78 is 0. The molecule has 5 nitrogen and oxygen atoms in total. The Hall–Kier alpha value is -2.17. The molecule has 5 heteroatoms. The average Bonchev–Trinajstić information content (AvgIpc) is 2.89. The number of benzene rings is 1. The van der Waals surface area contributed by atoms with Crippen LogP contribution in [-0.4, -0.2) is 23.8 Å². The molecule has 25 heavy (non-hydrogen) atoms. The molecule has 2 fully saturated rings. The van der Waals surface area contributed by atoms with E-state index in [-0.39, 0.29) is 36.1 Å². The second-order valence-corrected chi connectivity index (χ2v) is 7.60. The van der Waals surface area contributed by atoms with Crippen molar-refractivity contribution in [1.82, 2.24) is 10.6 Å². The summed E-state index contributed by atoms with van der Waals surface area (Å²) in [6.07, 6.45) is 4.34. The average molecular weight is 342 g/mol. The number of hydrogen-bond donors (Lipinski definition) is 2. The van der Waals surface area contributed by atoms with Crippen LogP contribution in [-0.2, 0) is 16.0 Å². The Bertz CT molecular complexity index is 658. The molecule has 1 aromatic rings. The van der Waals surface area contributed by atoms with E-state index in [4.69, 9.17) is 0 Å². The molecule has 0 aromatic heterocycles. The number of imide groups is 1. The van der Waals surface area contributed by atoms with E-state index < -0.39 is 0 Å². The molecule has 2 N–H and O–H groups in total. The van der Waals surface area contributed by atoms with Gasteiger partial charge in [0.25, 0.3) is 5.91 Å². The minimum atomic E-state index is -0.295. The van der Waals surface area contributed by atoms with Gasteiger partial charge in [0.15, 0.2) is 0 Å². The molecule has 0 radical (unpaired) electrons. The number of carbonyl (C=O) groups is 3. The van der Waals surface area contributed by atoms with E-state index in [2.05, 4.69) is 24.5 Å². The Morgan fingerprint density at radius 2 is 1.76 bits per heavy atom. The van der Waals surface area contributed by atoms with Crippen LogP contribution in [0, 0.1) is 17.8 Å². The van der Waals surface area contributed by atoms with Gasteiger partial charge in [0.2, 0.25) is 11.8 Å². The van der Waals surface area contributed by atoms with Gasteiger partial charge in [-0.05, 0) is 48.8 Å². The van der Waals surface area contributed by atoms with Crippen LogP contribution in [0.4, 0.5) is 0 Å². The van der Waals surface area contributed by atoms with Gasteiger partial charge in [-0.3, -0.25) is 19.7 Å². The van der Waals surface area contributed by atoms with Gasteiger partial charge >= 0.3 is 0 Å². The molecule has 2 aliphatic rings. The fourth-order valence-electron chi connectivity index (χ4n) is 4.05. The summed E-state index contributed by atoms with van der Waals surface area (Å²) in [6.45, 7) is 4.41. The van der Waals surface area contributed by atoms with E-state index in [0.717, 1.165) is 18.4 Å². The molecule has 1 saturated carbocycles. The van der Waals surface area contributed by atoms with Crippen LogP contribution in [0.3, 0.4) is 0 Å². The van der Waals surface area contributed by atoms with E-state index in [1.165, 1.54) is 6.42 Å². The predicted octanol–water partition coefficient (Wildman–Crippen LogP) is 2.45. The van der Waals surface area contributed by atoms with Crippen LogP contribution < -0.4 is 10.6 Å². The SMILES string of the molecule is C[C@@H]1CCC[C@H](C)C1NC(=O)c1ccc(C[C@@H]2CC(=O)NC2=O)cc1. The van der Waals surface area contributed by atoms with Gasteiger partial charge in [-0.15, -0.1) is 0 Å². The summed E-state index contributed by atoms with van der Waals surface area (Å²) in [5.74, 6) is 0.270. The fourth-order valence-corrected chi connectivity index (χ4v) is 4.05. The minimum absolute atomic E-state index is 0.0362. The van der Waals surface area contributed by atoms with E-state index in [1.807, 2.05) is 12.1 Å². The lowest BCUT2D eigenvalue weighted by molar-refractivity contribution is -0.125. The van der Waals surface area contributed by atoms with Crippen molar-refractivity contribution >= 4 is 17.7 Å². The summed E-state index contributed by atoms with van der Waals surface area (Å²) in [6, 6.07) is 7.58. The van der Waals surface area contributed by atoms with Gasteiger partial charge < -0.3 is 5.32 Å². The van der Waals surface area contributed by atoms with Crippen molar-refractivity contribution in [3.05, 3.63) is 35.4 Å². The molecular weight excluding hydrogens is 316 g/mol. The van der Waals surface area contributed by atoms with Gasteiger partial charge in [0.05, 0.1) is 5.92 Å². The third-order valence-electron chi connectivity index (χ3n) is 5.61. The van der Waals surface area contributed by atoms with Crippen LogP contribution >= 0.6 is 0 Å². The Morgan fingerprint density at radius 3 is 2.32 bits per heavy atom. The lowest BCUT2D eigenvalue weighted by Crippen LogP contribution is -2.45. The highest BCUT2D eigenvalue weighted by Crippen LogP contribution is 2.29. The van der Waals surface area contributed by atoms with Crippen molar-refractivity contribution in [1.29, 1.82) is 0 Å². The Morgan fingerprint density at radius 1 is 1.12 bits per heavy atom. The van der Waals surface area contributed by atoms with E-state index in [0.29, 0.717) is 23.8 Å². The monoisotopic (exact) mass is 342 g/mol. The molecule has 1 aliphatic heterocycles.